The highest BCUT2D eigenvalue weighted by molar-refractivity contribution is 5.74. The van der Waals surface area contributed by atoms with Crippen LogP contribution in [0.5, 0.6) is 0 Å². The fraction of sp³-hybridized carbons (Fsp3) is 0.0769. The van der Waals surface area contributed by atoms with Gasteiger partial charge in [-0.25, -0.2) is 9.50 Å². The molecule has 0 bridgehead atoms. The normalized spacial score (nSPS) is 11.5. The van der Waals surface area contributed by atoms with E-state index in [1.165, 1.54) is 29.2 Å². The third-order valence-electron chi connectivity index (χ3n) is 2.85. The van der Waals surface area contributed by atoms with Crippen molar-refractivity contribution >= 4 is 11.5 Å². The van der Waals surface area contributed by atoms with Crippen molar-refractivity contribution in [1.29, 1.82) is 0 Å². The van der Waals surface area contributed by atoms with Crippen LogP contribution in [0.25, 0.3) is 21.7 Å². The zero-order valence-corrected chi connectivity index (χ0v) is 10.3. The number of rotatable bonds is 1. The van der Waals surface area contributed by atoms with Crippen molar-refractivity contribution in [3.63, 3.8) is 0 Å². The summed E-state index contributed by atoms with van der Waals surface area (Å²) in [5.41, 5.74) is 0.383. The van der Waals surface area contributed by atoms with E-state index in [1.54, 1.807) is 0 Å². The predicted molar refractivity (Wildman–Crippen MR) is 67.5 cm³/mol. The number of nitrogens with zero attached hydrogens (tertiary/aromatic N) is 5. The van der Waals surface area contributed by atoms with Gasteiger partial charge in [-0.1, -0.05) is 6.57 Å². The molecule has 0 aliphatic heterocycles. The second kappa shape index (κ2) is 4.56. The maximum absolute atomic E-state index is 12.6. The molecular formula is C13H6F3N5. The average Bonchev–Trinajstić information content (AvgIpc) is 2.93. The lowest BCUT2D eigenvalue weighted by Gasteiger charge is -2.06. The number of alkyl halides is 3. The van der Waals surface area contributed by atoms with Gasteiger partial charge >= 0.3 is 6.18 Å². The Kier molecular flexibility index (Phi) is 2.83. The average molecular weight is 289 g/mol. The Hall–Kier alpha value is -2.95. The van der Waals surface area contributed by atoms with Crippen LogP contribution in [0.15, 0.2) is 36.8 Å². The summed E-state index contributed by atoms with van der Waals surface area (Å²) >= 11 is 0. The zero-order valence-electron chi connectivity index (χ0n) is 10.3. The number of hydrogen-bond donors (Lipinski definition) is 0. The van der Waals surface area contributed by atoms with E-state index in [0.29, 0.717) is 16.9 Å². The van der Waals surface area contributed by atoms with E-state index >= 15 is 0 Å². The fourth-order valence-corrected chi connectivity index (χ4v) is 1.88. The van der Waals surface area contributed by atoms with E-state index in [2.05, 4.69) is 19.9 Å². The van der Waals surface area contributed by atoms with Gasteiger partial charge in [0.05, 0.1) is 11.8 Å². The molecule has 0 atom stereocenters. The summed E-state index contributed by atoms with van der Waals surface area (Å²) in [4.78, 5) is 11.3. The first-order valence-corrected chi connectivity index (χ1v) is 5.74. The van der Waals surface area contributed by atoms with Gasteiger partial charge in [-0.15, -0.1) is 4.98 Å². The van der Waals surface area contributed by atoms with Crippen LogP contribution in [0.2, 0.25) is 0 Å². The number of aromatic nitrogens is 4. The van der Waals surface area contributed by atoms with Gasteiger partial charge in [0.1, 0.15) is 6.33 Å². The maximum atomic E-state index is 12.6. The summed E-state index contributed by atoms with van der Waals surface area (Å²) in [5, 5.41) is 3.91. The molecule has 5 nitrogen and oxygen atoms in total. The standard InChI is InChI=1S/C13H6F3N5/c1-17-10-6-21-12(18-7-19-21)11(20-10)8-2-4-9(5-3-8)13(14,15)16/h2-7H. The largest absolute Gasteiger partial charge is 0.416 e. The molecule has 0 spiro atoms. The summed E-state index contributed by atoms with van der Waals surface area (Å²) in [7, 11) is 0. The fourth-order valence-electron chi connectivity index (χ4n) is 1.88. The number of benzene rings is 1. The van der Waals surface area contributed by atoms with Gasteiger partial charge in [-0.3, -0.25) is 0 Å². The molecule has 3 aromatic rings. The van der Waals surface area contributed by atoms with Crippen LogP contribution in [-0.2, 0) is 6.18 Å². The SMILES string of the molecule is [C-]#[N+]c1cn2ncnc2c(-c2ccc(C(F)(F)F)cc2)n1. The van der Waals surface area contributed by atoms with Gasteiger partial charge in [0.2, 0.25) is 11.3 Å². The summed E-state index contributed by atoms with van der Waals surface area (Å²) < 4.78 is 39.1. The van der Waals surface area contributed by atoms with E-state index in [9.17, 15) is 13.2 Å². The zero-order chi connectivity index (χ0) is 15.0. The maximum Gasteiger partial charge on any atom is 0.416 e. The Morgan fingerprint density at radius 2 is 1.86 bits per heavy atom. The predicted octanol–water partition coefficient (Wildman–Crippen LogP) is 3.36. The minimum Gasteiger partial charge on any atom is -0.359 e. The molecule has 0 fully saturated rings. The van der Waals surface area contributed by atoms with Crippen LogP contribution in [0, 0.1) is 6.57 Å². The second-order valence-electron chi connectivity index (χ2n) is 4.16. The Morgan fingerprint density at radius 3 is 2.48 bits per heavy atom. The van der Waals surface area contributed by atoms with E-state index in [1.807, 2.05) is 0 Å². The molecule has 0 radical (unpaired) electrons. The molecule has 0 unspecified atom stereocenters. The van der Waals surface area contributed by atoms with Gasteiger partial charge in [-0.2, -0.15) is 18.3 Å². The van der Waals surface area contributed by atoms with Crippen molar-refractivity contribution in [2.45, 2.75) is 6.18 Å². The van der Waals surface area contributed by atoms with Crippen LogP contribution in [0.4, 0.5) is 19.0 Å². The minimum atomic E-state index is -4.39. The van der Waals surface area contributed by atoms with Gasteiger partial charge < -0.3 is 4.85 Å². The first kappa shape index (κ1) is 13.1. The molecule has 0 aliphatic rings. The van der Waals surface area contributed by atoms with Crippen LogP contribution < -0.4 is 0 Å². The molecule has 8 heteroatoms. The van der Waals surface area contributed by atoms with Crippen molar-refractivity contribution < 1.29 is 13.2 Å². The van der Waals surface area contributed by atoms with Crippen molar-refractivity contribution in [1.82, 2.24) is 19.6 Å². The minimum absolute atomic E-state index is 0.0860. The van der Waals surface area contributed by atoms with Crippen molar-refractivity contribution in [3.05, 3.63) is 53.8 Å². The molecule has 2 aromatic heterocycles. The highest BCUT2D eigenvalue weighted by Crippen LogP contribution is 2.31. The van der Waals surface area contributed by atoms with Crippen molar-refractivity contribution in [2.75, 3.05) is 0 Å². The van der Waals surface area contributed by atoms with E-state index < -0.39 is 11.7 Å². The molecule has 0 aliphatic carbocycles. The van der Waals surface area contributed by atoms with Crippen LogP contribution in [0.3, 0.4) is 0 Å². The molecule has 21 heavy (non-hydrogen) atoms. The summed E-state index contributed by atoms with van der Waals surface area (Å²) in [6.07, 6.45) is -1.70. The monoisotopic (exact) mass is 289 g/mol. The quantitative estimate of drug-likeness (QED) is 0.645. The lowest BCUT2D eigenvalue weighted by molar-refractivity contribution is -0.137. The molecule has 0 N–H and O–H groups in total. The Bertz CT molecular complexity index is 843. The second-order valence-corrected chi connectivity index (χ2v) is 4.16. The third kappa shape index (κ3) is 2.29. The molecule has 0 amide bonds. The Balaban J connectivity index is 2.16. The number of hydrogen-bond acceptors (Lipinski definition) is 3. The molecule has 1 aromatic carbocycles. The number of halogens is 3. The van der Waals surface area contributed by atoms with Gasteiger partial charge in [-0.05, 0) is 24.3 Å². The van der Waals surface area contributed by atoms with E-state index in [0.717, 1.165) is 12.1 Å². The Labute approximate surface area is 116 Å². The Morgan fingerprint density at radius 1 is 1.14 bits per heavy atom. The summed E-state index contributed by atoms with van der Waals surface area (Å²) in [6.45, 7) is 7.00. The molecule has 0 saturated carbocycles. The van der Waals surface area contributed by atoms with Gasteiger partial charge in [0, 0.05) is 5.56 Å². The smallest absolute Gasteiger partial charge is 0.359 e. The van der Waals surface area contributed by atoms with Crippen LogP contribution in [0.1, 0.15) is 5.56 Å². The topological polar surface area (TPSA) is 47.4 Å². The highest BCUT2D eigenvalue weighted by atomic mass is 19.4. The van der Waals surface area contributed by atoms with Gasteiger partial charge in [0.15, 0.2) is 0 Å². The highest BCUT2D eigenvalue weighted by Gasteiger charge is 2.30. The molecule has 3 rings (SSSR count). The van der Waals surface area contributed by atoms with Crippen LogP contribution in [-0.4, -0.2) is 19.6 Å². The van der Waals surface area contributed by atoms with Crippen molar-refractivity contribution in [3.8, 4) is 11.3 Å². The lowest BCUT2D eigenvalue weighted by atomic mass is 10.1. The van der Waals surface area contributed by atoms with E-state index in [-0.39, 0.29) is 5.82 Å². The summed E-state index contributed by atoms with van der Waals surface area (Å²) in [6, 6.07) is 4.53. The molecule has 104 valence electrons. The van der Waals surface area contributed by atoms with Gasteiger partial charge in [0.25, 0.3) is 5.82 Å². The number of fused-ring (bicyclic) bond motifs is 1. The third-order valence-corrected chi connectivity index (χ3v) is 2.85. The van der Waals surface area contributed by atoms with Crippen LogP contribution >= 0.6 is 0 Å². The summed E-state index contributed by atoms with van der Waals surface area (Å²) in [5.74, 6) is 0.0860. The first-order chi connectivity index (χ1) is 9.99. The van der Waals surface area contributed by atoms with E-state index in [4.69, 9.17) is 6.57 Å². The lowest BCUT2D eigenvalue weighted by Crippen LogP contribution is -2.04. The molecule has 0 saturated heterocycles. The van der Waals surface area contributed by atoms with Crippen molar-refractivity contribution in [2.24, 2.45) is 0 Å². The first-order valence-electron chi connectivity index (χ1n) is 5.74. The molecule has 2 heterocycles. The molecular weight excluding hydrogens is 283 g/mol.